The molecule has 1 atom stereocenters. The average Bonchev–Trinajstić information content (AvgIpc) is 3.33. The Morgan fingerprint density at radius 3 is 2.29 bits per heavy atom. The first-order valence-corrected chi connectivity index (χ1v) is 9.60. The smallest absolute Gasteiger partial charge is 0.479 e. The van der Waals surface area contributed by atoms with Gasteiger partial charge < -0.3 is 15.2 Å². The van der Waals surface area contributed by atoms with E-state index in [0.717, 1.165) is 12.0 Å². The van der Waals surface area contributed by atoms with E-state index in [1.54, 1.807) is 0 Å². The van der Waals surface area contributed by atoms with E-state index in [-0.39, 0.29) is 18.9 Å². The molecule has 0 amide bonds. The monoisotopic (exact) mass is 375 g/mol. The molecule has 1 aliphatic heterocycles. The largest absolute Gasteiger partial charge is 1.00 e. The number of carboxylic acid groups (broad SMARTS) is 1. The van der Waals surface area contributed by atoms with Crippen LogP contribution in [0.15, 0.2) is 48.2 Å². The average molecular weight is 375 g/mol. The van der Waals surface area contributed by atoms with Gasteiger partial charge >= 0.3 is 24.8 Å². The number of hydrogen-bond donors (Lipinski definition) is 2. The van der Waals surface area contributed by atoms with Gasteiger partial charge in [0.25, 0.3) is 0 Å². The Morgan fingerprint density at radius 1 is 1.25 bits per heavy atom. The first-order valence-electron chi connectivity index (χ1n) is 9.60. The van der Waals surface area contributed by atoms with Gasteiger partial charge in [-0.2, -0.15) is 18.2 Å². The predicted octanol–water partition coefficient (Wildman–Crippen LogP) is 2.41. The summed E-state index contributed by atoms with van der Waals surface area (Å²) in [6.07, 6.45) is 12.3. The number of benzene rings is 1. The van der Waals surface area contributed by atoms with Gasteiger partial charge in [0.05, 0.1) is 0 Å². The van der Waals surface area contributed by atoms with Gasteiger partial charge in [-0.1, -0.05) is 52.1 Å². The number of hydrogen-bond acceptors (Lipinski definition) is 3. The first kappa shape index (κ1) is 24.3. The van der Waals surface area contributed by atoms with Crippen molar-refractivity contribution >= 4 is 11.7 Å². The third-order valence-corrected chi connectivity index (χ3v) is 4.57. The van der Waals surface area contributed by atoms with Crippen LogP contribution in [0.3, 0.4) is 0 Å². The van der Waals surface area contributed by atoms with Gasteiger partial charge in [0.1, 0.15) is 0 Å². The van der Waals surface area contributed by atoms with Gasteiger partial charge in [-0.3, -0.25) is 0 Å². The number of aliphatic carboxylic acids is 1. The standard InChI is InChI=1S/C18H22N.C5H8O3.Li/c1-13(2)16-10-7-11-17(14(3)4)18(16)19-12-15-8-5-6-9-15;6-5(7)4-2-1-3-8-4;/h5-8,10-14,19H,1-4H3;4H,1-3H2,(H,6,7);/q-1;;+1. The molecule has 2 aliphatic rings. The molecule has 0 aromatic heterocycles. The van der Waals surface area contributed by atoms with Crippen LogP contribution in [-0.4, -0.2) is 23.8 Å². The molecule has 0 spiro atoms. The number of nitrogens with one attached hydrogen (secondary N) is 1. The summed E-state index contributed by atoms with van der Waals surface area (Å²) in [5.41, 5.74) is 5.08. The number of ether oxygens (including phenoxy) is 1. The van der Waals surface area contributed by atoms with Crippen molar-refractivity contribution in [2.45, 2.75) is 58.5 Å². The molecule has 1 saturated heterocycles. The van der Waals surface area contributed by atoms with Crippen molar-refractivity contribution < 1.29 is 33.5 Å². The summed E-state index contributed by atoms with van der Waals surface area (Å²) in [7, 11) is 0. The molecule has 1 aromatic rings. The minimum atomic E-state index is -0.831. The number of allylic oxidation sites excluding steroid dienone is 5. The van der Waals surface area contributed by atoms with E-state index in [1.807, 2.05) is 18.4 Å². The Bertz CT molecular complexity index is 689. The molecule has 1 unspecified atom stereocenters. The minimum Gasteiger partial charge on any atom is -0.479 e. The maximum absolute atomic E-state index is 10.1. The van der Waals surface area contributed by atoms with Gasteiger partial charge in [-0.15, -0.1) is 11.6 Å². The molecule has 2 N–H and O–H groups in total. The second-order valence-corrected chi connectivity index (χ2v) is 7.37. The van der Waals surface area contributed by atoms with Gasteiger partial charge in [0.2, 0.25) is 0 Å². The van der Waals surface area contributed by atoms with Crippen molar-refractivity contribution in [3.8, 4) is 0 Å². The number of para-hydroxylation sites is 1. The van der Waals surface area contributed by atoms with Crippen LogP contribution in [-0.2, 0) is 9.53 Å². The van der Waals surface area contributed by atoms with Gasteiger partial charge in [-0.05, 0) is 35.8 Å². The predicted molar refractivity (Wildman–Crippen MR) is 110 cm³/mol. The molecule has 0 saturated carbocycles. The summed E-state index contributed by atoms with van der Waals surface area (Å²) < 4.78 is 4.81. The summed E-state index contributed by atoms with van der Waals surface area (Å²) >= 11 is 0. The zero-order valence-corrected chi connectivity index (χ0v) is 17.7. The third-order valence-electron chi connectivity index (χ3n) is 4.57. The van der Waals surface area contributed by atoms with Crippen molar-refractivity contribution in [3.05, 3.63) is 65.4 Å². The first-order chi connectivity index (χ1) is 12.9. The second-order valence-electron chi connectivity index (χ2n) is 7.37. The molecule has 146 valence electrons. The Morgan fingerprint density at radius 2 is 1.89 bits per heavy atom. The zero-order valence-electron chi connectivity index (χ0n) is 17.7. The number of anilines is 1. The Kier molecular flexibility index (Phi) is 10.4. The fourth-order valence-corrected chi connectivity index (χ4v) is 3.07. The molecular weight excluding hydrogens is 345 g/mol. The zero-order chi connectivity index (χ0) is 19.8. The summed E-state index contributed by atoms with van der Waals surface area (Å²) in [6, 6.07) is 6.58. The van der Waals surface area contributed by atoms with Crippen LogP contribution in [0.4, 0.5) is 5.69 Å². The molecule has 1 aliphatic carbocycles. The summed E-state index contributed by atoms with van der Waals surface area (Å²) in [4.78, 5) is 10.1. The number of carboxylic acids is 1. The van der Waals surface area contributed by atoms with Crippen molar-refractivity contribution in [2.75, 3.05) is 11.9 Å². The maximum Gasteiger partial charge on any atom is 1.00 e. The van der Waals surface area contributed by atoms with E-state index in [1.165, 1.54) is 16.8 Å². The summed E-state index contributed by atoms with van der Waals surface area (Å²) in [6.45, 7) is 9.55. The minimum absolute atomic E-state index is 0. The quantitative estimate of drug-likeness (QED) is 0.613. The van der Waals surface area contributed by atoms with Crippen molar-refractivity contribution in [1.82, 2.24) is 0 Å². The molecule has 5 heteroatoms. The SMILES string of the molecule is CC(C)c1cccc(C(C)C)c1NC=C1[C-]=CC=C1.O=C(O)C1CCCO1.[Li+]. The van der Waals surface area contributed by atoms with Crippen molar-refractivity contribution in [1.29, 1.82) is 0 Å². The van der Waals surface area contributed by atoms with Crippen molar-refractivity contribution in [3.63, 3.8) is 0 Å². The molecule has 0 bridgehead atoms. The van der Waals surface area contributed by atoms with Gasteiger partial charge in [0.15, 0.2) is 6.10 Å². The Balaban J connectivity index is 0.000000367. The summed E-state index contributed by atoms with van der Waals surface area (Å²) in [5.74, 6) is 0.194. The maximum atomic E-state index is 10.1. The normalized spacial score (nSPS) is 18.9. The Hall–Kier alpha value is -1.73. The third kappa shape index (κ3) is 7.02. The molecule has 1 fully saturated rings. The molecule has 28 heavy (non-hydrogen) atoms. The second kappa shape index (κ2) is 12.0. The van der Waals surface area contributed by atoms with Crippen LogP contribution in [0.1, 0.15) is 63.5 Å². The molecular formula is C23H30LiNO3. The van der Waals surface area contributed by atoms with E-state index >= 15 is 0 Å². The van der Waals surface area contributed by atoms with Gasteiger partial charge in [0, 0.05) is 12.3 Å². The van der Waals surface area contributed by atoms with Crippen LogP contribution < -0.4 is 24.2 Å². The molecule has 1 heterocycles. The van der Waals surface area contributed by atoms with E-state index in [9.17, 15) is 4.79 Å². The van der Waals surface area contributed by atoms with Crippen LogP contribution in [0.5, 0.6) is 0 Å². The van der Waals surface area contributed by atoms with Crippen LogP contribution in [0.25, 0.3) is 0 Å². The molecule has 0 radical (unpaired) electrons. The van der Waals surface area contributed by atoms with Crippen LogP contribution >= 0.6 is 0 Å². The Labute approximate surface area is 180 Å². The molecule has 4 nitrogen and oxygen atoms in total. The van der Waals surface area contributed by atoms with E-state index in [0.29, 0.717) is 24.9 Å². The van der Waals surface area contributed by atoms with E-state index < -0.39 is 12.1 Å². The number of carbonyl (C=O) groups is 1. The van der Waals surface area contributed by atoms with Crippen LogP contribution in [0.2, 0.25) is 0 Å². The molecule has 3 rings (SSSR count). The topological polar surface area (TPSA) is 58.6 Å². The fraction of sp³-hybridized carbons (Fsp3) is 0.435. The fourth-order valence-electron chi connectivity index (χ4n) is 3.07. The molecule has 1 aromatic carbocycles. The van der Waals surface area contributed by atoms with Crippen LogP contribution in [0, 0.1) is 6.08 Å². The van der Waals surface area contributed by atoms with E-state index in [4.69, 9.17) is 9.84 Å². The van der Waals surface area contributed by atoms with E-state index in [2.05, 4.69) is 63.4 Å². The number of rotatable bonds is 5. The van der Waals surface area contributed by atoms with Gasteiger partial charge in [-0.25, -0.2) is 4.79 Å². The van der Waals surface area contributed by atoms with Crippen molar-refractivity contribution in [2.24, 2.45) is 0 Å². The summed E-state index contributed by atoms with van der Waals surface area (Å²) in [5, 5.41) is 11.8.